The highest BCUT2D eigenvalue weighted by atomic mass is 16.5. The summed E-state index contributed by atoms with van der Waals surface area (Å²) >= 11 is 0. The lowest BCUT2D eigenvalue weighted by atomic mass is 10.1. The molecular formula is C17H23N3O. The van der Waals surface area contributed by atoms with Crippen LogP contribution in [0.3, 0.4) is 0 Å². The number of rotatable bonds is 8. The maximum atomic E-state index is 5.67. The second-order valence-electron chi connectivity index (χ2n) is 5.32. The molecule has 0 aliphatic rings. The van der Waals surface area contributed by atoms with Crippen LogP contribution < -0.4 is 10.1 Å². The first-order valence-electron chi connectivity index (χ1n) is 7.45. The topological polar surface area (TPSA) is 47.0 Å². The summed E-state index contributed by atoms with van der Waals surface area (Å²) in [5, 5.41) is 3.32. The summed E-state index contributed by atoms with van der Waals surface area (Å²) in [6, 6.07) is 10.9. The zero-order chi connectivity index (χ0) is 14.9. The van der Waals surface area contributed by atoms with Gasteiger partial charge in [-0.3, -0.25) is 4.98 Å². The van der Waals surface area contributed by atoms with E-state index in [1.165, 1.54) is 5.56 Å². The molecule has 1 heterocycles. The van der Waals surface area contributed by atoms with Crippen molar-refractivity contribution < 1.29 is 4.74 Å². The smallest absolute Gasteiger partial charge is 0.232 e. The van der Waals surface area contributed by atoms with Crippen LogP contribution >= 0.6 is 0 Å². The lowest BCUT2D eigenvalue weighted by molar-refractivity contribution is 0.296. The van der Waals surface area contributed by atoms with Crippen LogP contribution in [0.15, 0.2) is 42.7 Å². The highest BCUT2D eigenvalue weighted by Gasteiger charge is 2.01. The van der Waals surface area contributed by atoms with Crippen molar-refractivity contribution in [1.29, 1.82) is 0 Å². The summed E-state index contributed by atoms with van der Waals surface area (Å²) in [5.41, 5.74) is 2.24. The lowest BCUT2D eigenvalue weighted by Crippen LogP contribution is -2.22. The normalized spacial score (nSPS) is 10.8. The molecule has 0 radical (unpaired) electrons. The van der Waals surface area contributed by atoms with Crippen molar-refractivity contribution in [1.82, 2.24) is 15.3 Å². The monoisotopic (exact) mass is 285 g/mol. The Hall–Kier alpha value is -1.94. The summed E-state index contributed by atoms with van der Waals surface area (Å²) in [6.45, 7) is 5.59. The second-order valence-corrected chi connectivity index (χ2v) is 5.32. The van der Waals surface area contributed by atoms with Crippen LogP contribution in [-0.2, 0) is 13.0 Å². The van der Waals surface area contributed by atoms with Crippen LogP contribution in [0.25, 0.3) is 0 Å². The van der Waals surface area contributed by atoms with Gasteiger partial charge in [-0.2, -0.15) is 0 Å². The zero-order valence-electron chi connectivity index (χ0n) is 12.7. The summed E-state index contributed by atoms with van der Waals surface area (Å²) in [5.74, 6) is 0.603. The van der Waals surface area contributed by atoms with Crippen LogP contribution in [0.1, 0.15) is 31.5 Å². The van der Waals surface area contributed by atoms with Gasteiger partial charge in [-0.25, -0.2) is 4.98 Å². The molecule has 4 heteroatoms. The van der Waals surface area contributed by atoms with Crippen LogP contribution in [-0.4, -0.2) is 22.6 Å². The van der Waals surface area contributed by atoms with E-state index in [0.717, 1.165) is 18.5 Å². The van der Waals surface area contributed by atoms with Gasteiger partial charge in [0.05, 0.1) is 18.5 Å². The Morgan fingerprint density at radius 1 is 1.14 bits per heavy atom. The number of hydrogen-bond donors (Lipinski definition) is 1. The lowest BCUT2D eigenvalue weighted by Gasteiger charge is -2.09. The number of benzene rings is 1. The Labute approximate surface area is 126 Å². The van der Waals surface area contributed by atoms with Crippen molar-refractivity contribution in [3.8, 4) is 5.88 Å². The van der Waals surface area contributed by atoms with E-state index < -0.39 is 0 Å². The molecule has 0 aliphatic carbocycles. The molecule has 0 spiro atoms. The number of aryl methyl sites for hydroxylation is 1. The van der Waals surface area contributed by atoms with E-state index >= 15 is 0 Å². The Morgan fingerprint density at radius 2 is 1.95 bits per heavy atom. The van der Waals surface area contributed by atoms with Gasteiger partial charge < -0.3 is 10.1 Å². The molecule has 112 valence electrons. The molecule has 0 aliphatic heterocycles. The van der Waals surface area contributed by atoms with E-state index in [-0.39, 0.29) is 0 Å². The fraction of sp³-hybridized carbons (Fsp3) is 0.412. The first kappa shape index (κ1) is 15.4. The maximum absolute atomic E-state index is 5.67. The fourth-order valence-electron chi connectivity index (χ4n) is 1.95. The predicted octanol–water partition coefficient (Wildman–Crippen LogP) is 2.99. The predicted molar refractivity (Wildman–Crippen MR) is 84.3 cm³/mol. The second kappa shape index (κ2) is 8.37. The van der Waals surface area contributed by atoms with Gasteiger partial charge in [0.25, 0.3) is 0 Å². The summed E-state index contributed by atoms with van der Waals surface area (Å²) in [7, 11) is 0. The summed E-state index contributed by atoms with van der Waals surface area (Å²) < 4.78 is 5.67. The Balaban J connectivity index is 1.74. The molecule has 0 amide bonds. The molecule has 0 atom stereocenters. The third-order valence-electron chi connectivity index (χ3n) is 3.06. The van der Waals surface area contributed by atoms with Crippen molar-refractivity contribution >= 4 is 0 Å². The third-order valence-corrected chi connectivity index (χ3v) is 3.06. The molecule has 1 aromatic heterocycles. The number of nitrogens with one attached hydrogen (secondary N) is 1. The van der Waals surface area contributed by atoms with E-state index in [9.17, 15) is 0 Å². The van der Waals surface area contributed by atoms with E-state index in [0.29, 0.717) is 25.1 Å². The quantitative estimate of drug-likeness (QED) is 0.757. The summed E-state index contributed by atoms with van der Waals surface area (Å²) in [4.78, 5) is 8.61. The highest BCUT2D eigenvalue weighted by Crippen LogP contribution is 2.07. The van der Waals surface area contributed by atoms with Gasteiger partial charge in [0.1, 0.15) is 0 Å². The number of aromatic nitrogens is 2. The van der Waals surface area contributed by atoms with Crippen molar-refractivity contribution in [3.63, 3.8) is 0 Å². The SMILES string of the molecule is CC(C)NCc1cncc(OCCCc2ccccc2)n1. The molecule has 0 unspecified atom stereocenters. The highest BCUT2D eigenvalue weighted by molar-refractivity contribution is 5.14. The number of hydrogen-bond acceptors (Lipinski definition) is 4. The summed E-state index contributed by atoms with van der Waals surface area (Å²) in [6.07, 6.45) is 5.43. The molecule has 0 saturated carbocycles. The van der Waals surface area contributed by atoms with E-state index in [1.807, 2.05) is 6.07 Å². The van der Waals surface area contributed by atoms with Gasteiger partial charge in [0.15, 0.2) is 0 Å². The van der Waals surface area contributed by atoms with Crippen LogP contribution in [0.4, 0.5) is 0 Å². The Bertz CT molecular complexity index is 529. The largest absolute Gasteiger partial charge is 0.477 e. The molecule has 2 aromatic rings. The molecule has 0 fully saturated rings. The van der Waals surface area contributed by atoms with E-state index in [1.54, 1.807) is 12.4 Å². The third kappa shape index (κ3) is 5.92. The van der Waals surface area contributed by atoms with Gasteiger partial charge in [0, 0.05) is 18.8 Å². The molecule has 4 nitrogen and oxygen atoms in total. The van der Waals surface area contributed by atoms with Crippen molar-refractivity contribution in [2.45, 2.75) is 39.3 Å². The van der Waals surface area contributed by atoms with Gasteiger partial charge in [-0.15, -0.1) is 0 Å². The zero-order valence-corrected chi connectivity index (χ0v) is 12.7. The van der Waals surface area contributed by atoms with Crippen molar-refractivity contribution in [2.24, 2.45) is 0 Å². The molecule has 21 heavy (non-hydrogen) atoms. The average molecular weight is 285 g/mol. The van der Waals surface area contributed by atoms with Crippen molar-refractivity contribution in [2.75, 3.05) is 6.61 Å². The van der Waals surface area contributed by atoms with Crippen molar-refractivity contribution in [3.05, 3.63) is 54.0 Å². The first-order valence-corrected chi connectivity index (χ1v) is 7.45. The van der Waals surface area contributed by atoms with Gasteiger partial charge in [-0.05, 0) is 18.4 Å². The van der Waals surface area contributed by atoms with Crippen LogP contribution in [0.5, 0.6) is 5.88 Å². The molecule has 2 rings (SSSR count). The molecule has 1 N–H and O–H groups in total. The molecule has 0 bridgehead atoms. The average Bonchev–Trinajstić information content (AvgIpc) is 2.51. The Morgan fingerprint density at radius 3 is 2.71 bits per heavy atom. The minimum atomic E-state index is 0.433. The van der Waals surface area contributed by atoms with E-state index in [4.69, 9.17) is 4.74 Å². The maximum Gasteiger partial charge on any atom is 0.232 e. The minimum absolute atomic E-state index is 0.433. The minimum Gasteiger partial charge on any atom is -0.477 e. The van der Waals surface area contributed by atoms with Gasteiger partial charge >= 0.3 is 0 Å². The standard InChI is InChI=1S/C17H23N3O/c1-14(2)19-12-16-11-18-13-17(20-16)21-10-6-9-15-7-4-3-5-8-15/h3-5,7-8,11,13-14,19H,6,9-10,12H2,1-2H3. The fourth-order valence-corrected chi connectivity index (χ4v) is 1.95. The first-order chi connectivity index (χ1) is 10.2. The number of nitrogens with zero attached hydrogens (tertiary/aromatic N) is 2. The molecule has 1 aromatic carbocycles. The Kier molecular flexibility index (Phi) is 6.16. The van der Waals surface area contributed by atoms with E-state index in [2.05, 4.69) is 53.4 Å². The van der Waals surface area contributed by atoms with Crippen LogP contribution in [0.2, 0.25) is 0 Å². The van der Waals surface area contributed by atoms with Gasteiger partial charge in [0.2, 0.25) is 5.88 Å². The molecular weight excluding hydrogens is 262 g/mol. The number of ether oxygens (including phenoxy) is 1. The van der Waals surface area contributed by atoms with Crippen LogP contribution in [0, 0.1) is 0 Å². The molecule has 0 saturated heterocycles. The van der Waals surface area contributed by atoms with Gasteiger partial charge in [-0.1, -0.05) is 44.2 Å².